The Bertz CT molecular complexity index is 1070. The van der Waals surface area contributed by atoms with Crippen LogP contribution < -0.4 is 0 Å². The number of rotatable bonds is 8. The number of hydrogen-bond donors (Lipinski definition) is 0. The molecule has 0 fully saturated rings. The summed E-state index contributed by atoms with van der Waals surface area (Å²) in [6.07, 6.45) is -0.767. The zero-order valence-electron chi connectivity index (χ0n) is 17.2. The summed E-state index contributed by atoms with van der Waals surface area (Å²) < 4.78 is 56.0. The molecule has 1 unspecified atom stereocenters. The summed E-state index contributed by atoms with van der Waals surface area (Å²) in [4.78, 5) is 0.726. The molecule has 8 heteroatoms. The third kappa shape index (κ3) is 5.03. The molecular weight excluding hydrogens is 493 g/mol. The van der Waals surface area contributed by atoms with Gasteiger partial charge in [0.25, 0.3) is 0 Å². The molecule has 162 valence electrons. The molecule has 2 aromatic carbocycles. The second kappa shape index (κ2) is 9.58. The van der Waals surface area contributed by atoms with Gasteiger partial charge in [-0.2, -0.15) is 0 Å². The molecule has 0 radical (unpaired) electrons. The average molecular weight is 517 g/mol. The van der Waals surface area contributed by atoms with Crippen LogP contribution in [-0.4, -0.2) is 12.2 Å². The number of fused-ring (bicyclic) bond motifs is 1. The molecule has 3 rings (SSSR count). The maximum absolute atomic E-state index is 14.5. The van der Waals surface area contributed by atoms with Crippen molar-refractivity contribution in [3.63, 3.8) is 0 Å². The van der Waals surface area contributed by atoms with Crippen molar-refractivity contribution in [1.29, 1.82) is 0 Å². The Hall–Kier alpha value is -1.11. The fourth-order valence-corrected chi connectivity index (χ4v) is 8.43. The largest absolute Gasteiger partial charge is 0.339 e. The van der Waals surface area contributed by atoms with E-state index in [0.717, 1.165) is 25.5 Å². The van der Waals surface area contributed by atoms with Gasteiger partial charge in [-0.15, -0.1) is 11.3 Å². The van der Waals surface area contributed by atoms with E-state index in [4.69, 9.17) is 9.05 Å². The van der Waals surface area contributed by atoms with Gasteiger partial charge in [-0.3, -0.25) is 4.57 Å². The molecule has 0 aliphatic rings. The van der Waals surface area contributed by atoms with E-state index in [1.807, 2.05) is 24.3 Å². The first-order valence-electron chi connectivity index (χ1n) is 9.68. The monoisotopic (exact) mass is 516 g/mol. The molecule has 0 aliphatic carbocycles. The zero-order valence-corrected chi connectivity index (χ0v) is 20.5. The van der Waals surface area contributed by atoms with Gasteiger partial charge in [0.05, 0.1) is 12.2 Å². The van der Waals surface area contributed by atoms with E-state index in [0.29, 0.717) is 0 Å². The van der Waals surface area contributed by atoms with E-state index in [2.05, 4.69) is 15.9 Å². The summed E-state index contributed by atoms with van der Waals surface area (Å²) in [5.41, 5.74) is -0.672. The Morgan fingerprint density at radius 1 is 1.00 bits per heavy atom. The Labute approximate surface area is 188 Å². The summed E-state index contributed by atoms with van der Waals surface area (Å²) in [6.45, 7) is 7.10. The molecule has 0 bridgehead atoms. The third-order valence-electron chi connectivity index (χ3n) is 4.40. The summed E-state index contributed by atoms with van der Waals surface area (Å²) in [7, 11) is -3.75. The normalized spacial score (nSPS) is 13.5. The Morgan fingerprint density at radius 2 is 1.63 bits per heavy atom. The predicted octanol–water partition coefficient (Wildman–Crippen LogP) is 8.27. The van der Waals surface area contributed by atoms with E-state index >= 15 is 0 Å². The molecule has 0 saturated carbocycles. The highest BCUT2D eigenvalue weighted by atomic mass is 79.9. The second-order valence-electron chi connectivity index (χ2n) is 7.56. The van der Waals surface area contributed by atoms with Crippen LogP contribution in [0.4, 0.5) is 8.78 Å². The Morgan fingerprint density at radius 3 is 2.23 bits per heavy atom. The van der Waals surface area contributed by atoms with Crippen LogP contribution in [-0.2, 0) is 20.0 Å². The number of hydrogen-bond acceptors (Lipinski definition) is 4. The Balaban J connectivity index is 2.19. The van der Waals surface area contributed by atoms with Crippen LogP contribution in [0.3, 0.4) is 0 Å². The van der Waals surface area contributed by atoms with Crippen LogP contribution in [0.5, 0.6) is 0 Å². The van der Waals surface area contributed by atoms with E-state index in [-0.39, 0.29) is 24.2 Å². The first kappa shape index (κ1) is 23.6. The van der Waals surface area contributed by atoms with Gasteiger partial charge < -0.3 is 9.05 Å². The summed E-state index contributed by atoms with van der Waals surface area (Å²) in [5, 5.41) is 0.961. The molecule has 0 aliphatic heterocycles. The van der Waals surface area contributed by atoms with Crippen molar-refractivity contribution in [2.75, 3.05) is 0 Å². The molecule has 3 nitrogen and oxygen atoms in total. The van der Waals surface area contributed by atoms with E-state index in [1.165, 1.54) is 23.5 Å². The Kier molecular flexibility index (Phi) is 7.52. The fourth-order valence-electron chi connectivity index (χ4n) is 3.27. The van der Waals surface area contributed by atoms with Gasteiger partial charge in [0, 0.05) is 19.4 Å². The van der Waals surface area contributed by atoms with Crippen molar-refractivity contribution < 1.29 is 22.4 Å². The van der Waals surface area contributed by atoms with Crippen molar-refractivity contribution in [2.24, 2.45) is 0 Å². The van der Waals surface area contributed by atoms with Crippen molar-refractivity contribution in [3.05, 3.63) is 69.0 Å². The van der Waals surface area contributed by atoms with Gasteiger partial charge in [-0.1, -0.05) is 30.3 Å². The highest BCUT2D eigenvalue weighted by molar-refractivity contribution is 9.10. The van der Waals surface area contributed by atoms with Crippen LogP contribution in [0.2, 0.25) is 0 Å². The van der Waals surface area contributed by atoms with Crippen molar-refractivity contribution in [1.82, 2.24) is 0 Å². The minimum absolute atomic E-state index is 0.0221. The van der Waals surface area contributed by atoms with Gasteiger partial charge >= 0.3 is 7.60 Å². The maximum atomic E-state index is 14.5. The van der Waals surface area contributed by atoms with Crippen molar-refractivity contribution in [2.45, 2.75) is 52.0 Å². The lowest BCUT2D eigenvalue weighted by Crippen LogP contribution is -2.15. The quantitative estimate of drug-likeness (QED) is 0.282. The van der Waals surface area contributed by atoms with Gasteiger partial charge in [0.1, 0.15) is 5.66 Å². The molecule has 0 saturated heterocycles. The fraction of sp³-hybridized carbons (Fsp3) is 0.364. The minimum atomic E-state index is -3.75. The average Bonchev–Trinajstić information content (AvgIpc) is 2.98. The van der Waals surface area contributed by atoms with Gasteiger partial charge in [0.2, 0.25) is 0 Å². The van der Waals surface area contributed by atoms with Crippen LogP contribution in [0.1, 0.15) is 43.8 Å². The number of benzene rings is 2. The molecular formula is C22H24BrF2O3PS. The lowest BCUT2D eigenvalue weighted by atomic mass is 10.1. The lowest BCUT2D eigenvalue weighted by molar-refractivity contribution is 0.136. The molecule has 0 N–H and O–H groups in total. The summed E-state index contributed by atoms with van der Waals surface area (Å²) >= 11 is 5.08. The molecule has 1 heterocycles. The lowest BCUT2D eigenvalue weighted by Gasteiger charge is -2.30. The van der Waals surface area contributed by atoms with Crippen LogP contribution >= 0.6 is 34.9 Å². The van der Waals surface area contributed by atoms with Crippen LogP contribution in [0.25, 0.3) is 10.1 Å². The van der Waals surface area contributed by atoms with Crippen molar-refractivity contribution >= 4 is 44.9 Å². The summed E-state index contributed by atoms with van der Waals surface area (Å²) in [6, 6.07) is 11.8. The van der Waals surface area contributed by atoms with E-state index in [9.17, 15) is 13.3 Å². The molecule has 1 atom stereocenters. The maximum Gasteiger partial charge on any atom is 0.339 e. The molecule has 0 spiro atoms. The van der Waals surface area contributed by atoms with Gasteiger partial charge in [-0.25, -0.2) is 8.78 Å². The first-order valence-corrected chi connectivity index (χ1v) is 12.9. The van der Waals surface area contributed by atoms with Crippen LogP contribution in [0.15, 0.2) is 46.9 Å². The topological polar surface area (TPSA) is 35.5 Å². The van der Waals surface area contributed by atoms with E-state index < -0.39 is 24.9 Å². The number of halogens is 3. The molecule has 0 amide bonds. The van der Waals surface area contributed by atoms with Gasteiger partial charge in [-0.05, 0) is 67.7 Å². The molecule has 3 aromatic rings. The standard InChI is InChI=1S/C22H24BrF2O3PS/c1-13(2)27-29(26,28-14(3)4)18(12-15-8-7-10-17(24)21(15)25)22-20(23)16-9-5-6-11-19(16)30-22/h5-11,13-14,18H,12H2,1-4H3. The van der Waals surface area contributed by atoms with Crippen LogP contribution in [0, 0.1) is 11.6 Å². The van der Waals surface area contributed by atoms with Gasteiger partial charge in [0.15, 0.2) is 11.6 Å². The predicted molar refractivity (Wildman–Crippen MR) is 122 cm³/mol. The number of thiophene rings is 1. The molecule has 1 aromatic heterocycles. The molecule has 30 heavy (non-hydrogen) atoms. The third-order valence-corrected chi connectivity index (χ3v) is 9.62. The minimum Gasteiger partial charge on any atom is -0.305 e. The summed E-state index contributed by atoms with van der Waals surface area (Å²) in [5.74, 6) is -1.88. The second-order valence-corrected chi connectivity index (χ2v) is 11.6. The highest BCUT2D eigenvalue weighted by Crippen LogP contribution is 2.66. The smallest absolute Gasteiger partial charge is 0.305 e. The van der Waals surface area contributed by atoms with E-state index in [1.54, 1.807) is 27.7 Å². The SMILES string of the molecule is CC(C)OP(=O)(OC(C)C)C(Cc1cccc(F)c1F)c1sc2ccccc2c1Br. The van der Waals surface area contributed by atoms with Crippen molar-refractivity contribution in [3.8, 4) is 0 Å². The zero-order chi connectivity index (χ0) is 22.1. The first-order chi connectivity index (χ1) is 14.1. The highest BCUT2D eigenvalue weighted by Gasteiger charge is 2.42.